The number of carboxylic acid groups (broad SMARTS) is 1. The van der Waals surface area contributed by atoms with E-state index in [0.29, 0.717) is 5.02 Å². The van der Waals surface area contributed by atoms with Gasteiger partial charge in [0.2, 0.25) is 0 Å². The van der Waals surface area contributed by atoms with Crippen molar-refractivity contribution in [3.05, 3.63) is 47.0 Å². The van der Waals surface area contributed by atoms with E-state index in [4.69, 9.17) is 16.7 Å². The molecule has 0 amide bonds. The quantitative estimate of drug-likeness (QED) is 0.777. The van der Waals surface area contributed by atoms with Gasteiger partial charge in [0.25, 0.3) is 0 Å². The van der Waals surface area contributed by atoms with Gasteiger partial charge in [0.15, 0.2) is 0 Å². The Morgan fingerprint density at radius 3 is 2.75 bits per heavy atom. The second-order valence-electron chi connectivity index (χ2n) is 3.53. The van der Waals surface area contributed by atoms with Crippen molar-refractivity contribution in [1.29, 1.82) is 0 Å². The smallest absolute Gasteiger partial charge is 0.332 e. The van der Waals surface area contributed by atoms with Gasteiger partial charge in [0.05, 0.1) is 0 Å². The summed E-state index contributed by atoms with van der Waals surface area (Å²) in [6.07, 6.45) is 0. The Labute approximate surface area is 99.7 Å². The highest BCUT2D eigenvalue weighted by Gasteiger charge is 2.10. The maximum Gasteiger partial charge on any atom is 0.332 e. The Bertz CT molecular complexity index is 404. The van der Waals surface area contributed by atoms with Crippen molar-refractivity contribution in [3.63, 3.8) is 0 Å². The van der Waals surface area contributed by atoms with Crippen LogP contribution in [0.1, 0.15) is 18.5 Å². The third kappa shape index (κ3) is 3.36. The van der Waals surface area contributed by atoms with Gasteiger partial charge >= 0.3 is 5.97 Å². The van der Waals surface area contributed by atoms with E-state index in [9.17, 15) is 4.79 Å². The summed E-state index contributed by atoms with van der Waals surface area (Å²) in [6, 6.07) is 7.45. The number of halogens is 1. The lowest BCUT2D eigenvalue weighted by atomic mass is 10.1. The lowest BCUT2D eigenvalue weighted by Crippen LogP contribution is -2.23. The number of hydrogen-bond donors (Lipinski definition) is 2. The average Bonchev–Trinajstić information content (AvgIpc) is 2.25. The Hall–Kier alpha value is -1.32. The van der Waals surface area contributed by atoms with Crippen LogP contribution in [-0.2, 0) is 4.79 Å². The molecule has 3 nitrogen and oxygen atoms in total. The van der Waals surface area contributed by atoms with Crippen molar-refractivity contribution >= 4 is 17.6 Å². The van der Waals surface area contributed by atoms with Crippen LogP contribution < -0.4 is 5.32 Å². The summed E-state index contributed by atoms with van der Waals surface area (Å²) < 4.78 is 0. The highest BCUT2D eigenvalue weighted by molar-refractivity contribution is 6.31. The van der Waals surface area contributed by atoms with Crippen molar-refractivity contribution in [3.8, 4) is 0 Å². The summed E-state index contributed by atoms with van der Waals surface area (Å²) in [6.45, 7) is 5.61. The summed E-state index contributed by atoms with van der Waals surface area (Å²) in [5.74, 6) is -0.987. The van der Waals surface area contributed by atoms with Gasteiger partial charge in [-0.3, -0.25) is 0 Å². The van der Waals surface area contributed by atoms with Crippen molar-refractivity contribution in [1.82, 2.24) is 5.32 Å². The molecule has 1 rings (SSSR count). The Balaban J connectivity index is 2.60. The average molecular weight is 240 g/mol. The SMILES string of the molecule is C=C(CNC(C)c1ccccc1Cl)C(=O)O. The van der Waals surface area contributed by atoms with Crippen LogP contribution >= 0.6 is 11.6 Å². The van der Waals surface area contributed by atoms with Gasteiger partial charge < -0.3 is 10.4 Å². The first-order chi connectivity index (χ1) is 7.52. The van der Waals surface area contributed by atoms with E-state index in [1.807, 2.05) is 25.1 Å². The van der Waals surface area contributed by atoms with Gasteiger partial charge in [0, 0.05) is 23.2 Å². The number of aliphatic carboxylic acids is 1. The zero-order valence-corrected chi connectivity index (χ0v) is 9.79. The number of carbonyl (C=O) groups is 1. The third-order valence-corrected chi connectivity index (χ3v) is 2.64. The van der Waals surface area contributed by atoms with Crippen molar-refractivity contribution in [2.24, 2.45) is 0 Å². The van der Waals surface area contributed by atoms with Crippen LogP contribution in [0.5, 0.6) is 0 Å². The Morgan fingerprint density at radius 2 is 2.19 bits per heavy atom. The predicted molar refractivity (Wildman–Crippen MR) is 64.6 cm³/mol. The maximum absolute atomic E-state index is 10.5. The molecule has 2 N–H and O–H groups in total. The zero-order chi connectivity index (χ0) is 12.1. The highest BCUT2D eigenvalue weighted by Crippen LogP contribution is 2.21. The Kier molecular flexibility index (Phi) is 4.52. The van der Waals surface area contributed by atoms with Gasteiger partial charge in [-0.1, -0.05) is 36.4 Å². The lowest BCUT2D eigenvalue weighted by Gasteiger charge is -2.15. The summed E-state index contributed by atoms with van der Waals surface area (Å²) in [7, 11) is 0. The van der Waals surface area contributed by atoms with E-state index in [1.54, 1.807) is 6.07 Å². The van der Waals surface area contributed by atoms with Crippen LogP contribution in [0.25, 0.3) is 0 Å². The second-order valence-corrected chi connectivity index (χ2v) is 3.94. The van der Waals surface area contributed by atoms with Gasteiger partial charge in [-0.15, -0.1) is 0 Å². The molecule has 4 heteroatoms. The summed E-state index contributed by atoms with van der Waals surface area (Å²) in [4.78, 5) is 10.5. The standard InChI is InChI=1S/C12H14ClNO2/c1-8(12(15)16)7-14-9(2)10-5-3-4-6-11(10)13/h3-6,9,14H,1,7H2,2H3,(H,15,16). The molecule has 0 fully saturated rings. The molecule has 1 unspecified atom stereocenters. The summed E-state index contributed by atoms with van der Waals surface area (Å²) in [5, 5.41) is 12.4. The van der Waals surface area contributed by atoms with Gasteiger partial charge in [0.1, 0.15) is 0 Å². The second kappa shape index (κ2) is 5.68. The van der Waals surface area contributed by atoms with Gasteiger partial charge in [-0.2, -0.15) is 0 Å². The summed E-state index contributed by atoms with van der Waals surface area (Å²) >= 11 is 6.02. The fourth-order valence-corrected chi connectivity index (χ4v) is 1.59. The van der Waals surface area contributed by atoms with Crippen molar-refractivity contribution in [2.75, 3.05) is 6.54 Å². The predicted octanol–water partition coefficient (Wildman–Crippen LogP) is 2.63. The molecule has 0 saturated heterocycles. The van der Waals surface area contributed by atoms with Gasteiger partial charge in [-0.25, -0.2) is 4.79 Å². The molecular weight excluding hydrogens is 226 g/mol. The van der Waals surface area contributed by atoms with E-state index in [0.717, 1.165) is 5.56 Å². The fourth-order valence-electron chi connectivity index (χ4n) is 1.29. The number of rotatable bonds is 5. The molecule has 0 radical (unpaired) electrons. The number of carboxylic acids is 1. The monoisotopic (exact) mass is 239 g/mol. The first kappa shape index (κ1) is 12.7. The Morgan fingerprint density at radius 1 is 1.56 bits per heavy atom. The molecule has 1 atom stereocenters. The minimum Gasteiger partial charge on any atom is -0.478 e. The molecule has 0 aliphatic heterocycles. The first-order valence-corrected chi connectivity index (χ1v) is 5.29. The molecule has 1 aromatic carbocycles. The van der Waals surface area contributed by atoms with Crippen LogP contribution in [0.2, 0.25) is 5.02 Å². The normalized spacial score (nSPS) is 12.1. The van der Waals surface area contributed by atoms with Crippen LogP contribution in [0.3, 0.4) is 0 Å². The van der Waals surface area contributed by atoms with Crippen LogP contribution in [-0.4, -0.2) is 17.6 Å². The van der Waals surface area contributed by atoms with E-state index < -0.39 is 5.97 Å². The number of nitrogens with one attached hydrogen (secondary N) is 1. The topological polar surface area (TPSA) is 49.3 Å². The maximum atomic E-state index is 10.5. The molecule has 0 spiro atoms. The minimum absolute atomic E-state index is 0.00944. The molecule has 86 valence electrons. The van der Waals surface area contributed by atoms with Crippen LogP contribution in [0.4, 0.5) is 0 Å². The largest absolute Gasteiger partial charge is 0.478 e. The third-order valence-electron chi connectivity index (χ3n) is 2.30. The molecular formula is C12H14ClNO2. The molecule has 0 aromatic heterocycles. The van der Waals surface area contributed by atoms with E-state index in [-0.39, 0.29) is 18.2 Å². The minimum atomic E-state index is -0.987. The molecule has 1 aromatic rings. The number of benzene rings is 1. The molecule has 0 bridgehead atoms. The first-order valence-electron chi connectivity index (χ1n) is 4.91. The molecule has 0 saturated carbocycles. The molecule has 0 aliphatic rings. The van der Waals surface area contributed by atoms with E-state index in [1.165, 1.54) is 0 Å². The van der Waals surface area contributed by atoms with Gasteiger partial charge in [-0.05, 0) is 18.6 Å². The van der Waals surface area contributed by atoms with Crippen molar-refractivity contribution < 1.29 is 9.90 Å². The fraction of sp³-hybridized carbons (Fsp3) is 0.250. The molecule has 16 heavy (non-hydrogen) atoms. The van der Waals surface area contributed by atoms with E-state index >= 15 is 0 Å². The van der Waals surface area contributed by atoms with Crippen LogP contribution in [0, 0.1) is 0 Å². The highest BCUT2D eigenvalue weighted by atomic mass is 35.5. The molecule has 0 aliphatic carbocycles. The van der Waals surface area contributed by atoms with Crippen molar-refractivity contribution in [2.45, 2.75) is 13.0 Å². The summed E-state index contributed by atoms with van der Waals surface area (Å²) in [5.41, 5.74) is 1.08. The van der Waals surface area contributed by atoms with Crippen LogP contribution in [0.15, 0.2) is 36.4 Å². The zero-order valence-electron chi connectivity index (χ0n) is 9.03. The van der Waals surface area contributed by atoms with E-state index in [2.05, 4.69) is 11.9 Å². The lowest BCUT2D eigenvalue weighted by molar-refractivity contribution is -0.132. The number of hydrogen-bond acceptors (Lipinski definition) is 2. The molecule has 0 heterocycles.